The Hall–Kier alpha value is -1.29. The molecule has 0 bridgehead atoms. The Kier molecular flexibility index (Phi) is 6.36. The number of hydrogen-bond donors (Lipinski definition) is 3. The Balaban J connectivity index is 0.00000133. The van der Waals surface area contributed by atoms with Crippen LogP contribution in [-0.4, -0.2) is 27.4 Å². The Morgan fingerprint density at radius 2 is 1.56 bits per heavy atom. The molecule has 10 unspecified atom stereocenters. The number of carboxylic acids is 1. The van der Waals surface area contributed by atoms with Crippen LogP contribution < -0.4 is 0 Å². The fourth-order valence-corrected chi connectivity index (χ4v) is 10.4. The summed E-state index contributed by atoms with van der Waals surface area (Å²) in [5.41, 5.74) is 0.105. The normalized spacial score (nSPS) is 52.2. The van der Waals surface area contributed by atoms with Gasteiger partial charge >= 0.3 is 5.97 Å². The second-order valence-electron chi connectivity index (χ2n) is 13.5. The zero-order chi connectivity index (χ0) is 25.3. The van der Waals surface area contributed by atoms with Gasteiger partial charge in [0.2, 0.25) is 0 Å². The summed E-state index contributed by atoms with van der Waals surface area (Å²) in [6, 6.07) is 0. The fourth-order valence-electron chi connectivity index (χ4n) is 10.4. The molecule has 0 radical (unpaired) electrons. The van der Waals surface area contributed by atoms with Crippen molar-refractivity contribution in [2.75, 3.05) is 0 Å². The standard InChI is InChI=1S/C28H44O4.C2H4/c1-16-6-9-25(3)12-13-26(4)18(19(25)14-16)7-10-27(5)21(26)8-11-28(24(31)32)17(2)23(30)20(29)15-22(27)28;1-2/h16,18-22,29-30H,6-15H2,1-5H3,(H,31,32);1-2H2. The fraction of sp³-hybridized carbons (Fsp3) is 0.833. The van der Waals surface area contributed by atoms with E-state index >= 15 is 0 Å². The first kappa shape index (κ1) is 25.8. The summed E-state index contributed by atoms with van der Waals surface area (Å²) in [6.07, 6.45) is 9.87. The van der Waals surface area contributed by atoms with Crippen molar-refractivity contribution in [2.45, 2.75) is 105 Å². The summed E-state index contributed by atoms with van der Waals surface area (Å²) < 4.78 is 0. The van der Waals surface area contributed by atoms with Crippen molar-refractivity contribution in [3.8, 4) is 0 Å². The van der Waals surface area contributed by atoms with Gasteiger partial charge in [-0.2, -0.15) is 0 Å². The van der Waals surface area contributed by atoms with Crippen LogP contribution in [0.5, 0.6) is 0 Å². The maximum atomic E-state index is 12.8. The summed E-state index contributed by atoms with van der Waals surface area (Å²) in [4.78, 5) is 12.8. The number of carboxylic acid groups (broad SMARTS) is 1. The van der Waals surface area contributed by atoms with Gasteiger partial charge in [0.15, 0.2) is 0 Å². The van der Waals surface area contributed by atoms with Crippen LogP contribution >= 0.6 is 0 Å². The third kappa shape index (κ3) is 3.22. The van der Waals surface area contributed by atoms with Crippen LogP contribution in [-0.2, 0) is 4.79 Å². The van der Waals surface area contributed by atoms with Crippen molar-refractivity contribution in [3.05, 3.63) is 24.5 Å². The molecule has 0 aromatic rings. The number of aliphatic hydroxyl groups is 2. The Labute approximate surface area is 206 Å². The summed E-state index contributed by atoms with van der Waals surface area (Å²) >= 11 is 0. The molecule has 34 heavy (non-hydrogen) atoms. The van der Waals surface area contributed by atoms with E-state index in [2.05, 4.69) is 40.9 Å². The molecule has 4 saturated carbocycles. The molecule has 0 heterocycles. The first-order valence-corrected chi connectivity index (χ1v) is 13.7. The summed E-state index contributed by atoms with van der Waals surface area (Å²) in [5, 5.41) is 31.8. The van der Waals surface area contributed by atoms with Crippen molar-refractivity contribution >= 4 is 5.97 Å². The van der Waals surface area contributed by atoms with Crippen LogP contribution in [0.25, 0.3) is 0 Å². The molecule has 4 nitrogen and oxygen atoms in total. The molecule has 192 valence electrons. The van der Waals surface area contributed by atoms with Crippen LogP contribution in [0.1, 0.15) is 98.8 Å². The van der Waals surface area contributed by atoms with Gasteiger partial charge in [-0.05, 0) is 116 Å². The topological polar surface area (TPSA) is 77.8 Å². The summed E-state index contributed by atoms with van der Waals surface area (Å²) in [5.74, 6) is 1.83. The van der Waals surface area contributed by atoms with Crippen LogP contribution in [0.15, 0.2) is 24.5 Å². The first-order valence-electron chi connectivity index (χ1n) is 13.7. The molecule has 0 aromatic carbocycles. The lowest BCUT2D eigenvalue weighted by atomic mass is 9.34. The van der Waals surface area contributed by atoms with E-state index < -0.39 is 17.5 Å². The van der Waals surface area contributed by atoms with Crippen LogP contribution in [0.3, 0.4) is 0 Å². The predicted octanol–water partition coefficient (Wildman–Crippen LogP) is 7.14. The molecule has 0 aliphatic heterocycles. The average Bonchev–Trinajstić information content (AvgIpc) is 2.80. The van der Waals surface area contributed by atoms with E-state index in [1.807, 2.05) is 0 Å². The highest BCUT2D eigenvalue weighted by atomic mass is 16.4. The van der Waals surface area contributed by atoms with Gasteiger partial charge in [-0.3, -0.25) is 4.79 Å². The number of aliphatic carboxylic acids is 1. The highest BCUT2D eigenvalue weighted by Crippen LogP contribution is 2.74. The second-order valence-corrected chi connectivity index (χ2v) is 13.5. The lowest BCUT2D eigenvalue weighted by molar-refractivity contribution is -0.214. The minimum Gasteiger partial charge on any atom is -0.510 e. The van der Waals surface area contributed by atoms with E-state index in [9.17, 15) is 20.1 Å². The minimum atomic E-state index is -1.03. The molecule has 0 saturated heterocycles. The summed E-state index contributed by atoms with van der Waals surface area (Å²) in [6.45, 7) is 17.6. The van der Waals surface area contributed by atoms with Crippen molar-refractivity contribution in [1.29, 1.82) is 0 Å². The van der Waals surface area contributed by atoms with E-state index in [1.165, 1.54) is 38.5 Å². The third-order valence-electron chi connectivity index (χ3n) is 12.3. The van der Waals surface area contributed by atoms with E-state index in [1.54, 1.807) is 6.92 Å². The maximum Gasteiger partial charge on any atom is 0.314 e. The highest BCUT2D eigenvalue weighted by molar-refractivity contribution is 5.80. The highest BCUT2D eigenvalue weighted by Gasteiger charge is 2.69. The van der Waals surface area contributed by atoms with Crippen LogP contribution in [0, 0.1) is 51.2 Å². The molecule has 10 atom stereocenters. The van der Waals surface area contributed by atoms with E-state index in [-0.39, 0.29) is 22.5 Å². The molecule has 0 aromatic heterocycles. The smallest absolute Gasteiger partial charge is 0.314 e. The van der Waals surface area contributed by atoms with Crippen LogP contribution in [0.2, 0.25) is 0 Å². The van der Waals surface area contributed by atoms with Crippen LogP contribution in [0.4, 0.5) is 0 Å². The molecule has 5 aliphatic rings. The Bertz CT molecular complexity index is 864. The number of hydrogen-bond acceptors (Lipinski definition) is 3. The minimum absolute atomic E-state index is 0.0878. The van der Waals surface area contributed by atoms with Gasteiger partial charge in [-0.25, -0.2) is 0 Å². The monoisotopic (exact) mass is 472 g/mol. The number of fused-ring (bicyclic) bond motifs is 7. The number of carbonyl (C=O) groups is 1. The largest absolute Gasteiger partial charge is 0.510 e. The molecular weight excluding hydrogens is 424 g/mol. The second kappa shape index (κ2) is 8.39. The lowest BCUT2D eigenvalue weighted by Gasteiger charge is -2.70. The van der Waals surface area contributed by atoms with Gasteiger partial charge in [-0.1, -0.05) is 34.1 Å². The van der Waals surface area contributed by atoms with Crippen molar-refractivity contribution in [2.24, 2.45) is 51.2 Å². The quantitative estimate of drug-likeness (QED) is 0.354. The zero-order valence-corrected chi connectivity index (χ0v) is 22.2. The van der Waals surface area contributed by atoms with E-state index in [0.29, 0.717) is 29.7 Å². The van der Waals surface area contributed by atoms with Gasteiger partial charge < -0.3 is 15.3 Å². The van der Waals surface area contributed by atoms with Gasteiger partial charge in [0.1, 0.15) is 11.9 Å². The molecule has 3 N–H and O–H groups in total. The predicted molar refractivity (Wildman–Crippen MR) is 136 cm³/mol. The van der Waals surface area contributed by atoms with Gasteiger partial charge in [0.05, 0.1) is 5.41 Å². The molecule has 0 amide bonds. The zero-order valence-electron chi connectivity index (χ0n) is 22.2. The molecule has 5 rings (SSSR count). The van der Waals surface area contributed by atoms with Gasteiger partial charge in [0, 0.05) is 0 Å². The molecule has 4 heteroatoms. The first-order chi connectivity index (χ1) is 15.9. The summed E-state index contributed by atoms with van der Waals surface area (Å²) in [7, 11) is 0. The molecule has 0 spiro atoms. The van der Waals surface area contributed by atoms with Gasteiger partial charge in [0.25, 0.3) is 0 Å². The average molecular weight is 473 g/mol. The van der Waals surface area contributed by atoms with Crippen molar-refractivity contribution in [3.63, 3.8) is 0 Å². The maximum absolute atomic E-state index is 12.8. The van der Waals surface area contributed by atoms with E-state index in [0.717, 1.165) is 30.6 Å². The Morgan fingerprint density at radius 3 is 2.21 bits per heavy atom. The lowest BCUT2D eigenvalue weighted by Crippen LogP contribution is -2.65. The van der Waals surface area contributed by atoms with Gasteiger partial charge in [-0.15, -0.1) is 13.2 Å². The third-order valence-corrected chi connectivity index (χ3v) is 12.3. The SMILES string of the molecule is C=C.CC1=C(O)C(O)CC2C1(C(=O)O)CCC1C3(C)CCC4(C)CCC(C)CC4C3CCC21C. The number of rotatable bonds is 1. The van der Waals surface area contributed by atoms with Crippen molar-refractivity contribution in [1.82, 2.24) is 0 Å². The Morgan fingerprint density at radius 1 is 0.882 bits per heavy atom. The molecule has 4 fully saturated rings. The molecule has 5 aliphatic carbocycles. The van der Waals surface area contributed by atoms with Crippen molar-refractivity contribution < 1.29 is 20.1 Å². The number of aliphatic hydroxyl groups excluding tert-OH is 2. The van der Waals surface area contributed by atoms with E-state index in [4.69, 9.17) is 0 Å². The molecular formula is C30H48O4.